The summed E-state index contributed by atoms with van der Waals surface area (Å²) in [5.41, 5.74) is 7.46. The normalized spacial score (nSPS) is 12.6. The van der Waals surface area contributed by atoms with E-state index < -0.39 is 0 Å². The van der Waals surface area contributed by atoms with Crippen LogP contribution in [0.5, 0.6) is 0 Å². The van der Waals surface area contributed by atoms with Gasteiger partial charge in [-0.25, -0.2) is 19.0 Å². The fourth-order valence-electron chi connectivity index (χ4n) is 2.34. The van der Waals surface area contributed by atoms with Gasteiger partial charge >= 0.3 is 0 Å². The summed E-state index contributed by atoms with van der Waals surface area (Å²) >= 11 is 0. The van der Waals surface area contributed by atoms with Crippen molar-refractivity contribution in [3.05, 3.63) is 60.2 Å². The maximum atomic E-state index is 14.0. The molecule has 0 aliphatic carbocycles. The molecule has 0 saturated carbocycles. The monoisotopic (exact) mass is 340 g/mol. The lowest BCUT2D eigenvalue weighted by Crippen LogP contribution is -2.04. The Kier molecular flexibility index (Phi) is 4.69. The SMILES string of the molecule is C/C=C(Cc1nn(-c2nccc(N)n2)cc1-c1ncco1)\C(F)=C/C. The van der Waals surface area contributed by atoms with E-state index >= 15 is 0 Å². The molecule has 8 heteroatoms. The second kappa shape index (κ2) is 7.08. The van der Waals surface area contributed by atoms with E-state index in [1.807, 2.05) is 0 Å². The van der Waals surface area contributed by atoms with Crippen molar-refractivity contribution in [2.24, 2.45) is 0 Å². The van der Waals surface area contributed by atoms with Gasteiger partial charge in [-0.3, -0.25) is 0 Å². The molecule has 128 valence electrons. The van der Waals surface area contributed by atoms with Crippen molar-refractivity contribution in [3.63, 3.8) is 0 Å². The third kappa shape index (κ3) is 3.47. The number of hydrogen-bond donors (Lipinski definition) is 1. The molecular formula is C17H17FN6O. The zero-order chi connectivity index (χ0) is 17.8. The topological polar surface area (TPSA) is 95.7 Å². The van der Waals surface area contributed by atoms with Crippen LogP contribution >= 0.6 is 0 Å². The number of allylic oxidation sites excluding steroid dienone is 4. The predicted octanol–water partition coefficient (Wildman–Crippen LogP) is 3.26. The van der Waals surface area contributed by atoms with E-state index in [9.17, 15) is 4.39 Å². The first-order valence-electron chi connectivity index (χ1n) is 7.67. The van der Waals surface area contributed by atoms with Crippen LogP contribution in [0.15, 0.2) is 58.9 Å². The average Bonchev–Trinajstić information content (AvgIpc) is 3.28. The Bertz CT molecular complexity index is 927. The number of halogens is 1. The molecule has 0 aliphatic rings. The molecule has 3 aromatic rings. The summed E-state index contributed by atoms with van der Waals surface area (Å²) in [5.74, 6) is 0.735. The molecule has 0 unspecified atom stereocenters. The maximum Gasteiger partial charge on any atom is 0.252 e. The number of nitrogens with two attached hydrogens (primary N) is 1. The molecule has 0 atom stereocenters. The highest BCUT2D eigenvalue weighted by Gasteiger charge is 2.18. The summed E-state index contributed by atoms with van der Waals surface area (Å²) in [5, 5.41) is 4.48. The molecule has 3 aromatic heterocycles. The smallest absolute Gasteiger partial charge is 0.252 e. The second-order valence-corrected chi connectivity index (χ2v) is 5.18. The van der Waals surface area contributed by atoms with E-state index in [1.54, 1.807) is 38.4 Å². The Labute approximate surface area is 143 Å². The summed E-state index contributed by atoms with van der Waals surface area (Å²) in [6.07, 6.45) is 9.65. The molecule has 0 aromatic carbocycles. The minimum absolute atomic E-state index is 0.277. The van der Waals surface area contributed by atoms with Crippen LogP contribution in [0.25, 0.3) is 17.4 Å². The van der Waals surface area contributed by atoms with Crippen LogP contribution < -0.4 is 5.73 Å². The highest BCUT2D eigenvalue weighted by molar-refractivity contribution is 5.57. The summed E-state index contributed by atoms with van der Waals surface area (Å²) in [4.78, 5) is 12.5. The molecule has 0 amide bonds. The Hall–Kier alpha value is -3.29. The molecule has 3 heterocycles. The highest BCUT2D eigenvalue weighted by Crippen LogP contribution is 2.26. The predicted molar refractivity (Wildman–Crippen MR) is 91.4 cm³/mol. The van der Waals surface area contributed by atoms with Crippen LogP contribution in [0, 0.1) is 0 Å². The third-order valence-electron chi connectivity index (χ3n) is 3.59. The van der Waals surface area contributed by atoms with Gasteiger partial charge < -0.3 is 10.2 Å². The molecule has 3 rings (SSSR count). The molecule has 2 N–H and O–H groups in total. The molecule has 0 aliphatic heterocycles. The molecule has 0 radical (unpaired) electrons. The van der Waals surface area contributed by atoms with Crippen molar-refractivity contribution in [1.82, 2.24) is 24.7 Å². The minimum atomic E-state index is -0.296. The number of rotatable bonds is 5. The fraction of sp³-hybridized carbons (Fsp3) is 0.176. The Morgan fingerprint density at radius 2 is 2.12 bits per heavy atom. The minimum Gasteiger partial charge on any atom is -0.444 e. The first-order chi connectivity index (χ1) is 12.1. The van der Waals surface area contributed by atoms with Gasteiger partial charge in [-0.15, -0.1) is 0 Å². The van der Waals surface area contributed by atoms with Crippen LogP contribution in [-0.2, 0) is 6.42 Å². The molecule has 25 heavy (non-hydrogen) atoms. The van der Waals surface area contributed by atoms with E-state index in [1.165, 1.54) is 23.2 Å². The quantitative estimate of drug-likeness (QED) is 0.716. The van der Waals surface area contributed by atoms with Crippen LogP contribution in [0.2, 0.25) is 0 Å². The van der Waals surface area contributed by atoms with Gasteiger partial charge in [-0.05, 0) is 25.5 Å². The maximum absolute atomic E-state index is 14.0. The van der Waals surface area contributed by atoms with E-state index in [4.69, 9.17) is 10.2 Å². The number of oxazole rings is 1. The van der Waals surface area contributed by atoms with Crippen molar-refractivity contribution < 1.29 is 8.81 Å². The summed E-state index contributed by atoms with van der Waals surface area (Å²) in [6, 6.07) is 1.59. The Morgan fingerprint density at radius 3 is 2.76 bits per heavy atom. The lowest BCUT2D eigenvalue weighted by molar-refractivity contribution is 0.573. The Balaban J connectivity index is 2.07. The number of hydrogen-bond acceptors (Lipinski definition) is 6. The van der Waals surface area contributed by atoms with Crippen LogP contribution in [0.1, 0.15) is 19.5 Å². The molecule has 0 saturated heterocycles. The number of anilines is 1. The van der Waals surface area contributed by atoms with E-state index in [0.717, 1.165) is 0 Å². The lowest BCUT2D eigenvalue weighted by Gasteiger charge is -2.03. The zero-order valence-electron chi connectivity index (χ0n) is 13.8. The zero-order valence-corrected chi connectivity index (χ0v) is 13.8. The van der Waals surface area contributed by atoms with E-state index in [-0.39, 0.29) is 12.2 Å². The van der Waals surface area contributed by atoms with Crippen LogP contribution in [0.3, 0.4) is 0 Å². The largest absolute Gasteiger partial charge is 0.444 e. The highest BCUT2D eigenvalue weighted by atomic mass is 19.1. The Morgan fingerprint density at radius 1 is 1.28 bits per heavy atom. The molecule has 7 nitrogen and oxygen atoms in total. The molecule has 0 fully saturated rings. The summed E-state index contributed by atoms with van der Waals surface area (Å²) < 4.78 is 20.9. The van der Waals surface area contributed by atoms with Gasteiger partial charge in [0.25, 0.3) is 5.95 Å². The first-order valence-corrected chi connectivity index (χ1v) is 7.67. The lowest BCUT2D eigenvalue weighted by atomic mass is 10.1. The standard InChI is InChI=1S/C17H17FN6O/c1-3-11(13(18)4-2)9-14-12(16-20-7-8-25-16)10-24(23-14)17-21-6-5-15(19)22-17/h3-8,10H,9H2,1-2H3,(H2,19,21,22)/b11-3-,13-4+. The number of aromatic nitrogens is 5. The molecular weight excluding hydrogens is 323 g/mol. The van der Waals surface area contributed by atoms with Crippen molar-refractivity contribution in [2.75, 3.05) is 5.73 Å². The number of nitrogen functional groups attached to an aromatic ring is 1. The van der Waals surface area contributed by atoms with Gasteiger partial charge in [0, 0.05) is 18.8 Å². The van der Waals surface area contributed by atoms with Gasteiger partial charge in [0.2, 0.25) is 5.89 Å². The second-order valence-electron chi connectivity index (χ2n) is 5.18. The fourth-order valence-corrected chi connectivity index (χ4v) is 2.34. The van der Waals surface area contributed by atoms with Gasteiger partial charge in [-0.2, -0.15) is 10.1 Å². The van der Waals surface area contributed by atoms with Crippen LogP contribution in [-0.4, -0.2) is 24.7 Å². The van der Waals surface area contributed by atoms with Gasteiger partial charge in [0.1, 0.15) is 17.9 Å². The van der Waals surface area contributed by atoms with Crippen molar-refractivity contribution >= 4 is 5.82 Å². The average molecular weight is 340 g/mol. The molecule has 0 bridgehead atoms. The third-order valence-corrected chi connectivity index (χ3v) is 3.59. The van der Waals surface area contributed by atoms with Crippen molar-refractivity contribution in [1.29, 1.82) is 0 Å². The summed E-state index contributed by atoms with van der Waals surface area (Å²) in [6.45, 7) is 3.42. The van der Waals surface area contributed by atoms with Gasteiger partial charge in [0.05, 0.1) is 17.5 Å². The van der Waals surface area contributed by atoms with Crippen molar-refractivity contribution in [3.8, 4) is 17.4 Å². The summed E-state index contributed by atoms with van der Waals surface area (Å²) in [7, 11) is 0. The van der Waals surface area contributed by atoms with E-state index in [2.05, 4.69) is 20.1 Å². The molecule has 0 spiro atoms. The van der Waals surface area contributed by atoms with Gasteiger partial charge in [-0.1, -0.05) is 12.2 Å². The van der Waals surface area contributed by atoms with Gasteiger partial charge in [0.15, 0.2) is 0 Å². The first kappa shape index (κ1) is 16.6. The van der Waals surface area contributed by atoms with Crippen LogP contribution in [0.4, 0.5) is 10.2 Å². The van der Waals surface area contributed by atoms with Crippen molar-refractivity contribution in [2.45, 2.75) is 20.3 Å². The number of nitrogens with zero attached hydrogens (tertiary/aromatic N) is 5. The van der Waals surface area contributed by atoms with E-state index in [0.29, 0.717) is 34.5 Å².